The molecule has 0 bridgehead atoms. The molecule has 28 heavy (non-hydrogen) atoms. The summed E-state index contributed by atoms with van der Waals surface area (Å²) in [4.78, 5) is 4.37. The van der Waals surface area contributed by atoms with E-state index >= 15 is 0 Å². The summed E-state index contributed by atoms with van der Waals surface area (Å²) in [6.45, 7) is 3.88. The van der Waals surface area contributed by atoms with Crippen LogP contribution in [0.3, 0.4) is 0 Å². The minimum absolute atomic E-state index is 0.216. The first-order chi connectivity index (χ1) is 13.0. The number of hydrogen-bond acceptors (Lipinski definition) is 3. The second kappa shape index (κ2) is 9.08. The molecule has 0 spiro atoms. The molecule has 1 aliphatic rings. The molecule has 0 aliphatic carbocycles. The highest BCUT2D eigenvalue weighted by Gasteiger charge is 2.50. The lowest BCUT2D eigenvalue weighted by Crippen LogP contribution is -2.51. The molecule has 1 fully saturated rings. The summed E-state index contributed by atoms with van der Waals surface area (Å²) >= 11 is 0. The van der Waals surface area contributed by atoms with Crippen LogP contribution in [0.15, 0.2) is 23.2 Å². The Hall–Kier alpha value is -1.88. The van der Waals surface area contributed by atoms with Crippen LogP contribution in [0.4, 0.5) is 17.6 Å². The molecule has 0 unspecified atom stereocenters. The first-order valence-corrected chi connectivity index (χ1v) is 10.3. The fraction of sp³-hybridized carbons (Fsp3) is 0.588. The van der Waals surface area contributed by atoms with Crippen molar-refractivity contribution in [2.24, 2.45) is 4.99 Å². The maximum atomic E-state index is 13.6. The van der Waals surface area contributed by atoms with Gasteiger partial charge in [0.15, 0.2) is 5.96 Å². The van der Waals surface area contributed by atoms with E-state index in [-0.39, 0.29) is 44.3 Å². The summed E-state index contributed by atoms with van der Waals surface area (Å²) in [6.07, 6.45) is 0.442. The number of nitrogens with one attached hydrogen (secondary N) is 2. The van der Waals surface area contributed by atoms with Crippen LogP contribution in [0.2, 0.25) is 0 Å². The van der Waals surface area contributed by atoms with Gasteiger partial charge in [-0.3, -0.25) is 0 Å². The maximum Gasteiger partial charge on any atom is 0.511 e. The molecule has 1 aliphatic heterocycles. The first kappa shape index (κ1) is 22.4. The lowest BCUT2D eigenvalue weighted by Gasteiger charge is -2.32. The zero-order valence-electron chi connectivity index (χ0n) is 15.7. The molecule has 11 heteroatoms. The van der Waals surface area contributed by atoms with E-state index in [2.05, 4.69) is 15.6 Å². The van der Waals surface area contributed by atoms with Crippen LogP contribution in [-0.2, 0) is 16.6 Å². The maximum absolute atomic E-state index is 13.6. The molecule has 0 radical (unpaired) electrons. The largest absolute Gasteiger partial charge is 0.511 e. The second-order valence-corrected chi connectivity index (χ2v) is 8.48. The Kier molecular flexibility index (Phi) is 7.27. The standard InChI is InChI=1S/C17H24F4N4O2S/c1-3-22-16(23-11-13-5-4-12(2)15(18)10-13)24-14-6-8-25(9-7-14)28(26,27)17(19,20)21/h4-5,10,14H,3,6-9,11H2,1-2H3,(H2,22,23,24). The predicted octanol–water partition coefficient (Wildman–Crippen LogP) is 2.50. The van der Waals surface area contributed by atoms with Crippen LogP contribution in [0.25, 0.3) is 0 Å². The fourth-order valence-electron chi connectivity index (χ4n) is 2.81. The summed E-state index contributed by atoms with van der Waals surface area (Å²) < 4.78 is 74.9. The fourth-order valence-corrected chi connectivity index (χ4v) is 3.79. The topological polar surface area (TPSA) is 73.8 Å². The first-order valence-electron chi connectivity index (χ1n) is 8.91. The highest BCUT2D eigenvalue weighted by molar-refractivity contribution is 7.90. The molecule has 0 saturated carbocycles. The van der Waals surface area contributed by atoms with E-state index in [1.54, 1.807) is 19.1 Å². The summed E-state index contributed by atoms with van der Waals surface area (Å²) in [5, 5.41) is 6.13. The van der Waals surface area contributed by atoms with Crippen LogP contribution >= 0.6 is 0 Å². The Morgan fingerprint density at radius 2 is 1.93 bits per heavy atom. The molecule has 0 amide bonds. The molecular weight excluding hydrogens is 400 g/mol. The van der Waals surface area contributed by atoms with Crippen molar-refractivity contribution in [3.05, 3.63) is 35.1 Å². The van der Waals surface area contributed by atoms with Gasteiger partial charge in [-0.2, -0.15) is 17.5 Å². The highest BCUT2D eigenvalue weighted by Crippen LogP contribution is 2.28. The third kappa shape index (κ3) is 5.57. The molecule has 0 aromatic heterocycles. The number of sulfonamides is 1. The van der Waals surface area contributed by atoms with Gasteiger partial charge in [0.2, 0.25) is 0 Å². The van der Waals surface area contributed by atoms with E-state index in [1.165, 1.54) is 6.07 Å². The van der Waals surface area contributed by atoms with E-state index in [0.29, 0.717) is 27.9 Å². The Labute approximate surface area is 162 Å². The number of piperidine rings is 1. The minimum atomic E-state index is -5.29. The van der Waals surface area contributed by atoms with Gasteiger partial charge < -0.3 is 10.6 Å². The Bertz CT molecular complexity index is 804. The molecule has 1 aromatic carbocycles. The smallest absolute Gasteiger partial charge is 0.357 e. The predicted molar refractivity (Wildman–Crippen MR) is 98.7 cm³/mol. The quantitative estimate of drug-likeness (QED) is 0.433. The van der Waals surface area contributed by atoms with Crippen LogP contribution < -0.4 is 10.6 Å². The Balaban J connectivity index is 1.97. The molecule has 2 N–H and O–H groups in total. The van der Waals surface area contributed by atoms with Gasteiger partial charge in [0.1, 0.15) is 5.82 Å². The van der Waals surface area contributed by atoms with Crippen LogP contribution in [-0.4, -0.2) is 49.9 Å². The number of nitrogens with zero attached hydrogens (tertiary/aromatic N) is 2. The monoisotopic (exact) mass is 424 g/mol. The molecule has 1 saturated heterocycles. The SMILES string of the molecule is CCNC(=NCc1ccc(C)c(F)c1)NC1CCN(S(=O)(=O)C(F)(F)F)CC1. The van der Waals surface area contributed by atoms with E-state index in [4.69, 9.17) is 0 Å². The van der Waals surface area contributed by atoms with Crippen molar-refractivity contribution in [3.8, 4) is 0 Å². The van der Waals surface area contributed by atoms with Gasteiger partial charge >= 0.3 is 15.5 Å². The van der Waals surface area contributed by atoms with E-state index in [0.717, 1.165) is 0 Å². The van der Waals surface area contributed by atoms with Crippen molar-refractivity contribution < 1.29 is 26.0 Å². The minimum Gasteiger partial charge on any atom is -0.357 e. The number of aliphatic imine (C=N–C) groups is 1. The van der Waals surface area contributed by atoms with Gasteiger partial charge in [0.05, 0.1) is 6.54 Å². The third-order valence-electron chi connectivity index (χ3n) is 4.43. The van der Waals surface area contributed by atoms with Crippen molar-refractivity contribution in [1.82, 2.24) is 14.9 Å². The van der Waals surface area contributed by atoms with Crippen molar-refractivity contribution in [1.29, 1.82) is 0 Å². The summed E-state index contributed by atoms with van der Waals surface area (Å²) in [7, 11) is -5.29. The normalized spacial score (nSPS) is 17.6. The summed E-state index contributed by atoms with van der Waals surface area (Å²) in [5.74, 6) is 0.129. The van der Waals surface area contributed by atoms with E-state index in [1.807, 2.05) is 6.92 Å². The number of alkyl halides is 3. The lowest BCUT2D eigenvalue weighted by molar-refractivity contribution is -0.0494. The second-order valence-electron chi connectivity index (χ2n) is 6.55. The number of guanidine groups is 1. The third-order valence-corrected chi connectivity index (χ3v) is 6.06. The van der Waals surface area contributed by atoms with Crippen molar-refractivity contribution in [2.75, 3.05) is 19.6 Å². The van der Waals surface area contributed by atoms with Crippen molar-refractivity contribution in [2.45, 2.75) is 44.8 Å². The Morgan fingerprint density at radius 1 is 1.29 bits per heavy atom. The number of halogens is 4. The molecule has 158 valence electrons. The molecule has 6 nitrogen and oxygen atoms in total. The van der Waals surface area contributed by atoms with Crippen LogP contribution in [0.5, 0.6) is 0 Å². The zero-order chi connectivity index (χ0) is 20.9. The molecule has 0 atom stereocenters. The molecule has 1 heterocycles. The highest BCUT2D eigenvalue weighted by atomic mass is 32.2. The van der Waals surface area contributed by atoms with E-state index < -0.39 is 15.5 Å². The van der Waals surface area contributed by atoms with Gasteiger partial charge in [-0.15, -0.1) is 0 Å². The number of rotatable bonds is 5. The summed E-state index contributed by atoms with van der Waals surface area (Å²) in [6, 6.07) is 4.62. The number of benzene rings is 1. The van der Waals surface area contributed by atoms with E-state index in [9.17, 15) is 26.0 Å². The average Bonchev–Trinajstić information content (AvgIpc) is 2.62. The Morgan fingerprint density at radius 3 is 2.46 bits per heavy atom. The number of aryl methyl sites for hydroxylation is 1. The van der Waals surface area contributed by atoms with Crippen LogP contribution in [0.1, 0.15) is 30.9 Å². The van der Waals surface area contributed by atoms with Gasteiger partial charge in [-0.25, -0.2) is 17.8 Å². The van der Waals surface area contributed by atoms with Gasteiger partial charge in [0.25, 0.3) is 0 Å². The van der Waals surface area contributed by atoms with Gasteiger partial charge in [-0.1, -0.05) is 12.1 Å². The zero-order valence-corrected chi connectivity index (χ0v) is 16.5. The van der Waals surface area contributed by atoms with Crippen molar-refractivity contribution >= 4 is 16.0 Å². The molecular formula is C17H24F4N4O2S. The average molecular weight is 424 g/mol. The van der Waals surface area contributed by atoms with Gasteiger partial charge in [0, 0.05) is 25.7 Å². The van der Waals surface area contributed by atoms with Gasteiger partial charge in [-0.05, 0) is 43.9 Å². The molecule has 2 rings (SSSR count). The van der Waals surface area contributed by atoms with Crippen LogP contribution in [0, 0.1) is 12.7 Å². The summed E-state index contributed by atoms with van der Waals surface area (Å²) in [5.41, 5.74) is -4.06. The molecule has 1 aromatic rings. The lowest BCUT2D eigenvalue weighted by atomic mass is 10.1. The van der Waals surface area contributed by atoms with Crippen molar-refractivity contribution in [3.63, 3.8) is 0 Å². The number of hydrogen-bond donors (Lipinski definition) is 2.